The molecule has 0 aliphatic carbocycles. The number of hydrogen-bond donors (Lipinski definition) is 1. The van der Waals surface area contributed by atoms with Crippen LogP contribution in [-0.2, 0) is 0 Å². The van der Waals surface area contributed by atoms with Crippen molar-refractivity contribution >= 4 is 22.4 Å². The van der Waals surface area contributed by atoms with E-state index < -0.39 is 0 Å². The number of pyridine rings is 2. The van der Waals surface area contributed by atoms with Gasteiger partial charge in [0.25, 0.3) is 0 Å². The van der Waals surface area contributed by atoms with Crippen LogP contribution in [0, 0.1) is 13.8 Å². The Morgan fingerprint density at radius 3 is 2.60 bits per heavy atom. The zero-order chi connectivity index (χ0) is 17.2. The van der Waals surface area contributed by atoms with E-state index in [-0.39, 0.29) is 0 Å². The Bertz CT molecular complexity index is 882. The minimum atomic E-state index is 0.493. The number of hydrogen-bond acceptors (Lipinski definition) is 4. The molecule has 3 aromatic rings. The van der Waals surface area contributed by atoms with Gasteiger partial charge in [-0.25, -0.2) is 4.98 Å². The third-order valence-corrected chi connectivity index (χ3v) is 5.02. The Morgan fingerprint density at radius 1 is 1.00 bits per heavy atom. The second-order valence-corrected chi connectivity index (χ2v) is 6.87. The molecule has 0 unspecified atom stereocenters. The van der Waals surface area contributed by atoms with Gasteiger partial charge in [0, 0.05) is 42.1 Å². The summed E-state index contributed by atoms with van der Waals surface area (Å²) >= 11 is 0. The van der Waals surface area contributed by atoms with Crippen molar-refractivity contribution < 1.29 is 0 Å². The molecule has 1 saturated heterocycles. The van der Waals surface area contributed by atoms with Crippen molar-refractivity contribution in [3.05, 3.63) is 59.9 Å². The fourth-order valence-electron chi connectivity index (χ4n) is 3.63. The van der Waals surface area contributed by atoms with E-state index in [9.17, 15) is 0 Å². The molecule has 0 bridgehead atoms. The van der Waals surface area contributed by atoms with Crippen molar-refractivity contribution in [1.29, 1.82) is 0 Å². The summed E-state index contributed by atoms with van der Waals surface area (Å²) in [6, 6.07) is 15.2. The maximum absolute atomic E-state index is 4.65. The lowest BCUT2D eigenvalue weighted by atomic mass is 10.0. The molecular formula is C21H24N4. The number of rotatable bonds is 3. The largest absolute Gasteiger partial charge is 0.382 e. The van der Waals surface area contributed by atoms with Crippen molar-refractivity contribution in [3.63, 3.8) is 0 Å². The zero-order valence-corrected chi connectivity index (χ0v) is 14.9. The fraction of sp³-hybridized carbons (Fsp3) is 0.333. The molecule has 1 aliphatic heterocycles. The van der Waals surface area contributed by atoms with E-state index in [0.717, 1.165) is 43.0 Å². The fourth-order valence-corrected chi connectivity index (χ4v) is 3.63. The highest BCUT2D eigenvalue weighted by Gasteiger charge is 2.20. The standard InChI is InChI=1S/C21H24N4/c1-15-5-3-7-18-19(9-12-22-21(15)18)24-17-10-13-25(14-11-17)20-8-4-6-16(2)23-20/h3-9,12,17H,10-11,13-14H2,1-2H3,(H,22,24). The molecule has 1 N–H and O–H groups in total. The molecule has 25 heavy (non-hydrogen) atoms. The topological polar surface area (TPSA) is 41.0 Å². The number of fused-ring (bicyclic) bond motifs is 1. The van der Waals surface area contributed by atoms with Crippen LogP contribution in [0.3, 0.4) is 0 Å². The first-order chi connectivity index (χ1) is 12.2. The van der Waals surface area contributed by atoms with Gasteiger partial charge in [-0.1, -0.05) is 24.3 Å². The highest BCUT2D eigenvalue weighted by atomic mass is 15.2. The van der Waals surface area contributed by atoms with E-state index >= 15 is 0 Å². The average Bonchev–Trinajstić information content (AvgIpc) is 2.63. The first kappa shape index (κ1) is 15.9. The normalized spacial score (nSPS) is 15.5. The number of nitrogens with zero attached hydrogens (tertiary/aromatic N) is 3. The van der Waals surface area contributed by atoms with E-state index in [1.807, 2.05) is 19.2 Å². The minimum absolute atomic E-state index is 0.493. The second-order valence-electron chi connectivity index (χ2n) is 6.87. The summed E-state index contributed by atoms with van der Waals surface area (Å²) in [5.74, 6) is 1.10. The predicted octanol–water partition coefficient (Wildman–Crippen LogP) is 4.33. The van der Waals surface area contributed by atoms with Crippen LogP contribution < -0.4 is 10.2 Å². The summed E-state index contributed by atoms with van der Waals surface area (Å²) in [4.78, 5) is 11.6. The third-order valence-electron chi connectivity index (χ3n) is 5.02. The number of nitrogens with one attached hydrogen (secondary N) is 1. The highest BCUT2D eigenvalue weighted by molar-refractivity contribution is 5.92. The number of para-hydroxylation sites is 1. The molecular weight excluding hydrogens is 308 g/mol. The van der Waals surface area contributed by atoms with Crippen LogP contribution in [0.2, 0.25) is 0 Å². The third kappa shape index (κ3) is 3.29. The molecule has 1 aliphatic rings. The monoisotopic (exact) mass is 332 g/mol. The Balaban J connectivity index is 1.47. The zero-order valence-electron chi connectivity index (χ0n) is 14.9. The number of aryl methyl sites for hydroxylation is 2. The number of benzene rings is 1. The van der Waals surface area contributed by atoms with Crippen LogP contribution in [0.15, 0.2) is 48.7 Å². The lowest BCUT2D eigenvalue weighted by Gasteiger charge is -2.34. The van der Waals surface area contributed by atoms with Gasteiger partial charge in [-0.15, -0.1) is 0 Å². The van der Waals surface area contributed by atoms with Crippen molar-refractivity contribution in [1.82, 2.24) is 9.97 Å². The van der Waals surface area contributed by atoms with Crippen molar-refractivity contribution in [2.45, 2.75) is 32.7 Å². The molecule has 0 saturated carbocycles. The van der Waals surface area contributed by atoms with E-state index in [1.54, 1.807) is 0 Å². The van der Waals surface area contributed by atoms with Gasteiger partial charge >= 0.3 is 0 Å². The van der Waals surface area contributed by atoms with Gasteiger partial charge in [-0.05, 0) is 50.5 Å². The van der Waals surface area contributed by atoms with Gasteiger partial charge in [0.05, 0.1) is 5.52 Å². The van der Waals surface area contributed by atoms with Gasteiger partial charge in [-0.3, -0.25) is 4.98 Å². The van der Waals surface area contributed by atoms with Crippen molar-refractivity contribution in [2.24, 2.45) is 0 Å². The molecule has 4 heteroatoms. The minimum Gasteiger partial charge on any atom is -0.382 e. The van der Waals surface area contributed by atoms with Crippen LogP contribution in [0.1, 0.15) is 24.1 Å². The summed E-state index contributed by atoms with van der Waals surface area (Å²) in [5, 5.41) is 4.96. The van der Waals surface area contributed by atoms with Gasteiger partial charge in [0.15, 0.2) is 0 Å². The van der Waals surface area contributed by atoms with Gasteiger partial charge < -0.3 is 10.2 Å². The van der Waals surface area contributed by atoms with E-state index in [1.165, 1.54) is 16.6 Å². The molecule has 4 nitrogen and oxygen atoms in total. The summed E-state index contributed by atoms with van der Waals surface area (Å²) in [5.41, 5.74) is 4.59. The molecule has 3 heterocycles. The lowest BCUT2D eigenvalue weighted by Crippen LogP contribution is -2.39. The second kappa shape index (κ2) is 6.71. The van der Waals surface area contributed by atoms with Crippen LogP contribution in [-0.4, -0.2) is 29.1 Å². The van der Waals surface area contributed by atoms with E-state index in [2.05, 4.69) is 63.5 Å². The maximum Gasteiger partial charge on any atom is 0.128 e. The quantitative estimate of drug-likeness (QED) is 0.775. The van der Waals surface area contributed by atoms with Crippen LogP contribution in [0.4, 0.5) is 11.5 Å². The Hall–Kier alpha value is -2.62. The number of anilines is 2. The average molecular weight is 332 g/mol. The first-order valence-corrected chi connectivity index (χ1v) is 9.00. The summed E-state index contributed by atoms with van der Waals surface area (Å²) in [6.07, 6.45) is 4.14. The summed E-state index contributed by atoms with van der Waals surface area (Å²) in [7, 11) is 0. The van der Waals surface area contributed by atoms with Gasteiger partial charge in [0.2, 0.25) is 0 Å². The van der Waals surface area contributed by atoms with Crippen LogP contribution in [0.5, 0.6) is 0 Å². The van der Waals surface area contributed by atoms with Gasteiger partial charge in [0.1, 0.15) is 5.82 Å². The predicted molar refractivity (Wildman–Crippen MR) is 104 cm³/mol. The maximum atomic E-state index is 4.65. The summed E-state index contributed by atoms with van der Waals surface area (Å²) < 4.78 is 0. The smallest absolute Gasteiger partial charge is 0.128 e. The Kier molecular flexibility index (Phi) is 4.26. The van der Waals surface area contributed by atoms with Gasteiger partial charge in [-0.2, -0.15) is 0 Å². The van der Waals surface area contributed by atoms with Crippen LogP contribution >= 0.6 is 0 Å². The molecule has 0 spiro atoms. The molecule has 0 amide bonds. The first-order valence-electron chi connectivity index (χ1n) is 9.00. The molecule has 0 radical (unpaired) electrons. The molecule has 4 rings (SSSR count). The van der Waals surface area contributed by atoms with Crippen LogP contribution in [0.25, 0.3) is 10.9 Å². The SMILES string of the molecule is Cc1cccc(N2CCC(Nc3ccnc4c(C)cccc34)CC2)n1. The van der Waals surface area contributed by atoms with Crippen molar-refractivity contribution in [2.75, 3.05) is 23.3 Å². The molecule has 1 fully saturated rings. The lowest BCUT2D eigenvalue weighted by molar-refractivity contribution is 0.524. The van der Waals surface area contributed by atoms with E-state index in [0.29, 0.717) is 6.04 Å². The summed E-state index contributed by atoms with van der Waals surface area (Å²) in [6.45, 7) is 6.24. The molecule has 2 aromatic heterocycles. The van der Waals surface area contributed by atoms with E-state index in [4.69, 9.17) is 0 Å². The molecule has 128 valence electrons. The van der Waals surface area contributed by atoms with Crippen molar-refractivity contribution in [3.8, 4) is 0 Å². The Morgan fingerprint density at radius 2 is 1.80 bits per heavy atom. The molecule has 1 aromatic carbocycles. The number of aromatic nitrogens is 2. The Labute approximate surface area is 148 Å². The highest BCUT2D eigenvalue weighted by Crippen LogP contribution is 2.27. The number of piperidine rings is 1. The molecule has 0 atom stereocenters.